The van der Waals surface area contributed by atoms with Gasteiger partial charge in [0.2, 0.25) is 0 Å². The van der Waals surface area contributed by atoms with Gasteiger partial charge in [-0.2, -0.15) is 0 Å². The zero-order chi connectivity index (χ0) is 29.5. The minimum absolute atomic E-state index is 0.603. The lowest BCUT2D eigenvalue weighted by Crippen LogP contribution is -2.54. The maximum atomic E-state index is 5.88. The van der Waals surface area contributed by atoms with Gasteiger partial charge in [-0.25, -0.2) is 0 Å². The summed E-state index contributed by atoms with van der Waals surface area (Å²) in [5.74, 6) is 1.80. The Morgan fingerprint density at radius 2 is 1.00 bits per heavy atom. The van der Waals surface area contributed by atoms with E-state index < -0.39 is 24.2 Å². The fraction of sp³-hybridized carbons (Fsp3) is 0.833. The Labute approximate surface area is 261 Å². The summed E-state index contributed by atoms with van der Waals surface area (Å²) in [6.07, 6.45) is 20.9. The Balaban J connectivity index is 1.14. The first-order valence-electron chi connectivity index (χ1n) is 18.1. The third-order valence-corrected chi connectivity index (χ3v) is 22.6. The van der Waals surface area contributed by atoms with E-state index in [2.05, 4.69) is 57.5 Å². The molecule has 3 heterocycles. The Bertz CT molecular complexity index is 1000. The molecule has 7 atom stereocenters. The first-order valence-corrected chi connectivity index (χ1v) is 27.7. The van der Waals surface area contributed by atoms with Crippen LogP contribution < -0.4 is 15.6 Å². The molecule has 7 unspecified atom stereocenters. The van der Waals surface area contributed by atoms with Crippen molar-refractivity contribution in [2.24, 2.45) is 11.8 Å². The molecular formula is C36H62O3Si3. The molecule has 5 fully saturated rings. The van der Waals surface area contributed by atoms with Crippen molar-refractivity contribution in [2.45, 2.75) is 171 Å². The van der Waals surface area contributed by atoms with Gasteiger partial charge in [0.25, 0.3) is 0 Å². The highest BCUT2D eigenvalue weighted by Gasteiger charge is 2.45. The van der Waals surface area contributed by atoms with E-state index in [1.807, 2.05) is 0 Å². The van der Waals surface area contributed by atoms with Crippen LogP contribution in [0.4, 0.5) is 0 Å². The first kappa shape index (κ1) is 31.7. The summed E-state index contributed by atoms with van der Waals surface area (Å²) in [5.41, 5.74) is 0. The third kappa shape index (κ3) is 8.31. The first-order chi connectivity index (χ1) is 20.0. The zero-order valence-electron chi connectivity index (χ0n) is 28.0. The van der Waals surface area contributed by atoms with Crippen LogP contribution in [0.2, 0.25) is 57.4 Å². The van der Waals surface area contributed by atoms with Crippen LogP contribution in [0, 0.1) is 11.8 Å². The van der Waals surface area contributed by atoms with Gasteiger partial charge in [0.15, 0.2) is 0 Å². The Hall–Kier alpha value is -0.249. The maximum Gasteiger partial charge on any atom is 0.0844 e. The summed E-state index contributed by atoms with van der Waals surface area (Å²) >= 11 is 0. The number of ether oxygens (including phenoxy) is 3. The lowest BCUT2D eigenvalue weighted by molar-refractivity contribution is 0.357. The van der Waals surface area contributed by atoms with E-state index in [0.29, 0.717) is 30.5 Å². The van der Waals surface area contributed by atoms with E-state index >= 15 is 0 Å². The summed E-state index contributed by atoms with van der Waals surface area (Å²) in [5, 5.41) is 5.34. The normalized spacial score (nSPS) is 32.3. The Morgan fingerprint density at radius 3 is 1.45 bits per heavy atom. The van der Waals surface area contributed by atoms with Crippen LogP contribution in [0.5, 0.6) is 0 Å². The van der Waals surface area contributed by atoms with E-state index in [-0.39, 0.29) is 0 Å². The summed E-state index contributed by atoms with van der Waals surface area (Å²) in [6.45, 7) is 17.1. The summed E-state index contributed by atoms with van der Waals surface area (Å²) < 4.78 is 17.2. The molecule has 3 nitrogen and oxygen atoms in total. The number of hydrogen-bond acceptors (Lipinski definition) is 3. The van der Waals surface area contributed by atoms with Crippen molar-refractivity contribution in [3.05, 3.63) is 18.2 Å². The minimum Gasteiger partial charge on any atom is -0.373 e. The van der Waals surface area contributed by atoms with Crippen LogP contribution in [0.3, 0.4) is 0 Å². The Kier molecular flexibility index (Phi) is 9.72. The maximum absolute atomic E-state index is 5.88. The van der Waals surface area contributed by atoms with Gasteiger partial charge in [0.1, 0.15) is 0 Å². The fourth-order valence-corrected chi connectivity index (χ4v) is 16.4. The van der Waals surface area contributed by atoms with Gasteiger partial charge in [-0.3, -0.25) is 0 Å². The monoisotopic (exact) mass is 626 g/mol. The number of rotatable bonds is 16. The van der Waals surface area contributed by atoms with Gasteiger partial charge in [-0.05, 0) is 56.8 Å². The predicted octanol–water partition coefficient (Wildman–Crippen LogP) is 7.70. The highest BCUT2D eigenvalue weighted by atomic mass is 28.3. The van der Waals surface area contributed by atoms with Crippen LogP contribution in [-0.4, -0.2) is 61.3 Å². The number of epoxide rings is 3. The SMILES string of the molecule is C[Si](C)(CCCCCCC1CO1)c1cc([Si](C)(C)CCC2CCC3OC3C2)cc([Si](C)(C)CCC2CCC3OC3C2)c1. The highest BCUT2D eigenvalue weighted by Crippen LogP contribution is 2.42. The van der Waals surface area contributed by atoms with Crippen molar-refractivity contribution < 1.29 is 14.2 Å². The van der Waals surface area contributed by atoms with Crippen LogP contribution >= 0.6 is 0 Å². The van der Waals surface area contributed by atoms with Crippen molar-refractivity contribution in [3.8, 4) is 0 Å². The second kappa shape index (κ2) is 12.9. The van der Waals surface area contributed by atoms with E-state index in [9.17, 15) is 0 Å². The quantitative estimate of drug-likeness (QED) is 0.107. The number of unbranched alkanes of at least 4 members (excludes halogenated alkanes) is 3. The topological polar surface area (TPSA) is 37.6 Å². The molecule has 0 aromatic heterocycles. The van der Waals surface area contributed by atoms with E-state index in [4.69, 9.17) is 14.2 Å². The lowest BCUT2D eigenvalue weighted by atomic mass is 9.87. The summed E-state index contributed by atoms with van der Waals surface area (Å²) in [6, 6.07) is 12.6. The van der Waals surface area contributed by atoms with Crippen molar-refractivity contribution in [3.63, 3.8) is 0 Å². The average molecular weight is 627 g/mol. The molecule has 42 heavy (non-hydrogen) atoms. The molecule has 1 aromatic rings. The van der Waals surface area contributed by atoms with E-state index in [1.54, 1.807) is 15.6 Å². The summed E-state index contributed by atoms with van der Waals surface area (Å²) in [4.78, 5) is 0. The molecule has 6 heteroatoms. The van der Waals surface area contributed by atoms with Gasteiger partial charge >= 0.3 is 0 Å². The Morgan fingerprint density at radius 1 is 0.548 bits per heavy atom. The third-order valence-electron chi connectivity index (χ3n) is 12.3. The van der Waals surface area contributed by atoms with Crippen LogP contribution in [0.1, 0.15) is 83.5 Å². The smallest absolute Gasteiger partial charge is 0.0844 e. The van der Waals surface area contributed by atoms with Crippen molar-refractivity contribution in [1.29, 1.82) is 0 Å². The molecule has 0 bridgehead atoms. The van der Waals surface area contributed by atoms with Crippen LogP contribution in [0.25, 0.3) is 0 Å². The van der Waals surface area contributed by atoms with Crippen molar-refractivity contribution >= 4 is 39.8 Å². The molecule has 3 saturated heterocycles. The largest absolute Gasteiger partial charge is 0.373 e. The van der Waals surface area contributed by atoms with Gasteiger partial charge < -0.3 is 14.2 Å². The van der Waals surface area contributed by atoms with Gasteiger partial charge in [-0.15, -0.1) is 0 Å². The second-order valence-electron chi connectivity index (χ2n) is 17.2. The molecule has 0 amide bonds. The number of hydrogen-bond donors (Lipinski definition) is 0. The lowest BCUT2D eigenvalue weighted by Gasteiger charge is -2.33. The molecular weight excluding hydrogens is 565 g/mol. The van der Waals surface area contributed by atoms with Gasteiger partial charge in [0.05, 0.1) is 61.3 Å². The average Bonchev–Trinajstić information content (AvgIpc) is 3.84. The minimum atomic E-state index is -1.53. The number of fused-ring (bicyclic) bond motifs is 2. The molecule has 1 aromatic carbocycles. The van der Waals surface area contributed by atoms with Crippen LogP contribution in [0.15, 0.2) is 18.2 Å². The summed E-state index contributed by atoms with van der Waals surface area (Å²) in [7, 11) is -4.56. The zero-order valence-corrected chi connectivity index (χ0v) is 31.0. The van der Waals surface area contributed by atoms with Gasteiger partial charge in [-0.1, -0.05) is 130 Å². The predicted molar refractivity (Wildman–Crippen MR) is 186 cm³/mol. The second-order valence-corrected chi connectivity index (χ2v) is 31.8. The van der Waals surface area contributed by atoms with Crippen molar-refractivity contribution in [2.75, 3.05) is 6.61 Å². The molecule has 0 spiro atoms. The highest BCUT2D eigenvalue weighted by molar-refractivity contribution is 6.95. The molecule has 5 aliphatic rings. The standard InChI is InChI=1S/C36H62O3Si3/c1-40(2,18-10-8-7-9-11-29-26-37-29)30-23-31(41(3,4)19-16-27-12-14-33-35(21-27)38-33)25-32(24-30)42(5,6)20-17-28-13-15-34-36(22-28)39-34/h23-25,27-29,33-36H,7-22,26H2,1-6H3. The molecule has 0 N–H and O–H groups in total. The molecule has 6 rings (SSSR count). The van der Waals surface area contributed by atoms with E-state index in [0.717, 1.165) is 18.4 Å². The van der Waals surface area contributed by atoms with Crippen molar-refractivity contribution in [1.82, 2.24) is 0 Å². The molecule has 2 aliphatic carbocycles. The fourth-order valence-electron chi connectivity index (χ4n) is 8.39. The number of benzene rings is 1. The van der Waals surface area contributed by atoms with E-state index in [1.165, 1.54) is 102 Å². The van der Waals surface area contributed by atoms with Gasteiger partial charge in [0, 0.05) is 0 Å². The molecule has 0 radical (unpaired) electrons. The van der Waals surface area contributed by atoms with Crippen LogP contribution in [-0.2, 0) is 14.2 Å². The molecule has 236 valence electrons. The molecule has 3 aliphatic heterocycles. The molecule has 2 saturated carbocycles.